The summed E-state index contributed by atoms with van der Waals surface area (Å²) in [5.41, 5.74) is 1.32. The molecule has 0 bridgehead atoms. The maximum absolute atomic E-state index is 14.3. The number of halogens is 3. The molecule has 0 amide bonds. The second-order valence-corrected chi connectivity index (χ2v) is 6.90. The zero-order chi connectivity index (χ0) is 19.6. The summed E-state index contributed by atoms with van der Waals surface area (Å²) in [6.07, 6.45) is 1.25. The van der Waals surface area contributed by atoms with E-state index in [1.165, 1.54) is 13.2 Å². The van der Waals surface area contributed by atoms with Gasteiger partial charge in [-0.15, -0.1) is 0 Å². The molecule has 0 spiro atoms. The summed E-state index contributed by atoms with van der Waals surface area (Å²) in [6.45, 7) is 1.67. The molecule has 27 heavy (non-hydrogen) atoms. The van der Waals surface area contributed by atoms with Crippen molar-refractivity contribution in [2.24, 2.45) is 0 Å². The minimum absolute atomic E-state index is 0.140. The molecular formula is C21H18BrF2NO2. The summed E-state index contributed by atoms with van der Waals surface area (Å²) in [6, 6.07) is 13.4. The van der Waals surface area contributed by atoms with Gasteiger partial charge in [0, 0.05) is 11.3 Å². The van der Waals surface area contributed by atoms with E-state index in [9.17, 15) is 13.6 Å². The molecule has 0 fully saturated rings. The summed E-state index contributed by atoms with van der Waals surface area (Å²) in [4.78, 5) is 12.8. The first-order valence-electron chi connectivity index (χ1n) is 8.42. The van der Waals surface area contributed by atoms with Gasteiger partial charge in [0.1, 0.15) is 27.5 Å². The summed E-state index contributed by atoms with van der Waals surface area (Å²) in [5, 5.41) is 0. The van der Waals surface area contributed by atoms with Gasteiger partial charge in [-0.05, 0) is 53.4 Å². The number of hydrogen-bond donors (Lipinski definition) is 0. The Kier molecular flexibility index (Phi) is 5.75. The van der Waals surface area contributed by atoms with E-state index >= 15 is 0 Å². The number of para-hydroxylation sites is 1. The van der Waals surface area contributed by atoms with Gasteiger partial charge >= 0.3 is 0 Å². The number of aryl methyl sites for hydroxylation is 1. The lowest BCUT2D eigenvalue weighted by atomic mass is 10.0. The van der Waals surface area contributed by atoms with Crippen LogP contribution in [0.25, 0.3) is 5.69 Å². The molecule has 0 saturated carbocycles. The highest BCUT2D eigenvalue weighted by molar-refractivity contribution is 9.10. The normalized spacial score (nSPS) is 10.9. The number of ether oxygens (including phenoxy) is 1. The highest BCUT2D eigenvalue weighted by Gasteiger charge is 2.23. The van der Waals surface area contributed by atoms with Crippen LogP contribution in [0.5, 0.6) is 5.75 Å². The third-order valence-electron chi connectivity index (χ3n) is 4.51. The highest BCUT2D eigenvalue weighted by atomic mass is 79.9. The van der Waals surface area contributed by atoms with Gasteiger partial charge in [0.25, 0.3) is 5.56 Å². The number of aromatic nitrogens is 1. The van der Waals surface area contributed by atoms with Crippen LogP contribution in [0.3, 0.4) is 0 Å². The number of rotatable bonds is 5. The molecular weight excluding hydrogens is 416 g/mol. The maximum atomic E-state index is 14.3. The second kappa shape index (κ2) is 8.05. The predicted molar refractivity (Wildman–Crippen MR) is 105 cm³/mol. The van der Waals surface area contributed by atoms with Crippen LogP contribution < -0.4 is 10.3 Å². The predicted octanol–water partition coefficient (Wildman–Crippen LogP) is 4.98. The lowest BCUT2D eigenvalue weighted by molar-refractivity contribution is 0.403. The fraction of sp³-hybridized carbons (Fsp3) is 0.190. The van der Waals surface area contributed by atoms with Gasteiger partial charge in [0.05, 0.1) is 7.11 Å². The lowest BCUT2D eigenvalue weighted by Crippen LogP contribution is -2.26. The summed E-state index contributed by atoms with van der Waals surface area (Å²) in [5.74, 6) is -1.21. The van der Waals surface area contributed by atoms with Gasteiger partial charge in [-0.1, -0.05) is 36.4 Å². The summed E-state index contributed by atoms with van der Waals surface area (Å²) >= 11 is 3.25. The molecule has 0 N–H and O–H groups in total. The van der Waals surface area contributed by atoms with Gasteiger partial charge in [-0.25, -0.2) is 8.78 Å². The van der Waals surface area contributed by atoms with E-state index in [4.69, 9.17) is 4.74 Å². The minimum atomic E-state index is -0.800. The summed E-state index contributed by atoms with van der Waals surface area (Å²) < 4.78 is 35.3. The fourth-order valence-corrected chi connectivity index (χ4v) is 3.75. The van der Waals surface area contributed by atoms with Crippen molar-refractivity contribution in [2.75, 3.05) is 7.11 Å². The van der Waals surface area contributed by atoms with Crippen molar-refractivity contribution < 1.29 is 13.5 Å². The number of pyridine rings is 1. The van der Waals surface area contributed by atoms with Gasteiger partial charge in [-0.3, -0.25) is 9.36 Å². The molecule has 140 valence electrons. The largest absolute Gasteiger partial charge is 0.495 e. The van der Waals surface area contributed by atoms with Crippen LogP contribution in [0, 0.1) is 18.6 Å². The number of benzene rings is 2. The van der Waals surface area contributed by atoms with E-state index < -0.39 is 17.2 Å². The molecule has 0 atom stereocenters. The lowest BCUT2D eigenvalue weighted by Gasteiger charge is -2.19. The quantitative estimate of drug-likeness (QED) is 0.567. The molecule has 0 saturated heterocycles. The maximum Gasteiger partial charge on any atom is 0.273 e. The van der Waals surface area contributed by atoms with Crippen LogP contribution in [0.4, 0.5) is 8.78 Å². The van der Waals surface area contributed by atoms with E-state index in [-0.39, 0.29) is 10.2 Å². The first kappa shape index (κ1) is 19.3. The van der Waals surface area contributed by atoms with E-state index in [0.29, 0.717) is 24.3 Å². The Labute approximate surface area is 164 Å². The Balaban J connectivity index is 2.19. The number of hydrogen-bond acceptors (Lipinski definition) is 2. The van der Waals surface area contributed by atoms with Crippen LogP contribution >= 0.6 is 15.9 Å². The third-order valence-corrected chi connectivity index (χ3v) is 5.21. The fourth-order valence-electron chi connectivity index (χ4n) is 3.17. The van der Waals surface area contributed by atoms with Gasteiger partial charge in [0.15, 0.2) is 0 Å². The van der Waals surface area contributed by atoms with Crippen molar-refractivity contribution >= 4 is 15.9 Å². The number of methoxy groups -OCH3 is 1. The molecule has 0 aliphatic heterocycles. The molecule has 0 unspecified atom stereocenters. The van der Waals surface area contributed by atoms with E-state index in [0.717, 1.165) is 27.8 Å². The molecule has 0 aliphatic carbocycles. The highest BCUT2D eigenvalue weighted by Crippen LogP contribution is 2.31. The monoisotopic (exact) mass is 433 g/mol. The molecule has 6 heteroatoms. The molecule has 3 nitrogen and oxygen atoms in total. The van der Waals surface area contributed by atoms with Crippen LogP contribution in [0.2, 0.25) is 0 Å². The van der Waals surface area contributed by atoms with Crippen molar-refractivity contribution in [2.45, 2.75) is 19.8 Å². The van der Waals surface area contributed by atoms with Gasteiger partial charge in [0.2, 0.25) is 0 Å². The van der Waals surface area contributed by atoms with Gasteiger partial charge < -0.3 is 4.74 Å². The van der Waals surface area contributed by atoms with Crippen molar-refractivity contribution in [3.8, 4) is 11.4 Å². The van der Waals surface area contributed by atoms with Crippen molar-refractivity contribution in [1.82, 2.24) is 4.57 Å². The zero-order valence-corrected chi connectivity index (χ0v) is 16.5. The summed E-state index contributed by atoms with van der Waals surface area (Å²) in [7, 11) is 1.47. The molecule has 3 aromatic rings. The van der Waals surface area contributed by atoms with E-state index in [1.54, 1.807) is 6.92 Å². The van der Waals surface area contributed by atoms with Crippen molar-refractivity contribution in [3.63, 3.8) is 0 Å². The Hall–Kier alpha value is -2.47. The van der Waals surface area contributed by atoms with Gasteiger partial charge in [-0.2, -0.15) is 0 Å². The van der Waals surface area contributed by atoms with Crippen LogP contribution in [0.1, 0.15) is 16.8 Å². The Morgan fingerprint density at radius 3 is 2.22 bits per heavy atom. The van der Waals surface area contributed by atoms with Crippen LogP contribution in [-0.2, 0) is 12.8 Å². The number of nitrogens with zero attached hydrogens (tertiary/aromatic N) is 1. The van der Waals surface area contributed by atoms with E-state index in [1.807, 2.05) is 30.3 Å². The topological polar surface area (TPSA) is 31.2 Å². The molecule has 0 radical (unpaired) electrons. The van der Waals surface area contributed by atoms with E-state index in [2.05, 4.69) is 15.9 Å². The van der Waals surface area contributed by atoms with Crippen molar-refractivity contribution in [3.05, 3.63) is 91.8 Å². The molecule has 1 heterocycles. The average molecular weight is 434 g/mol. The third kappa shape index (κ3) is 3.67. The smallest absolute Gasteiger partial charge is 0.273 e. The second-order valence-electron chi connectivity index (χ2n) is 6.11. The van der Waals surface area contributed by atoms with Crippen LogP contribution in [-0.4, -0.2) is 11.7 Å². The Bertz CT molecular complexity index is 1010. The van der Waals surface area contributed by atoms with Crippen molar-refractivity contribution in [1.29, 1.82) is 0 Å². The molecule has 0 aliphatic rings. The Morgan fingerprint density at radius 2 is 1.63 bits per heavy atom. The minimum Gasteiger partial charge on any atom is -0.495 e. The Morgan fingerprint density at radius 1 is 1.00 bits per heavy atom. The molecule has 3 rings (SSSR count). The standard InChI is InChI=1S/C21H18BrF2NO2/c1-13-15(12-11-14-7-4-3-5-8-14)20(27-2)18(22)21(26)25(13)19-16(23)9-6-10-17(19)24/h3-10H,11-12H2,1-2H3. The van der Waals surface area contributed by atoms with Crippen LogP contribution in [0.15, 0.2) is 57.8 Å². The average Bonchev–Trinajstić information content (AvgIpc) is 2.66. The first-order valence-corrected chi connectivity index (χ1v) is 9.21. The first-order chi connectivity index (χ1) is 13.0. The SMILES string of the molecule is COc1c(CCc2ccccc2)c(C)n(-c2c(F)cccc2F)c(=O)c1Br. The molecule has 1 aromatic heterocycles. The zero-order valence-electron chi connectivity index (χ0n) is 14.9. The molecule has 2 aromatic carbocycles.